The Morgan fingerprint density at radius 3 is 3.00 bits per heavy atom. The molecular formula is C13H19N3O. The van der Waals surface area contributed by atoms with Crippen LogP contribution in [0.4, 0.5) is 5.69 Å². The van der Waals surface area contributed by atoms with E-state index in [1.807, 2.05) is 0 Å². The summed E-state index contributed by atoms with van der Waals surface area (Å²) in [5.74, 6) is 0.133. The van der Waals surface area contributed by atoms with Gasteiger partial charge in [0.25, 0.3) is 0 Å². The zero-order chi connectivity index (χ0) is 12.3. The number of aryl methyl sites for hydroxylation is 1. The zero-order valence-electron chi connectivity index (χ0n) is 10.2. The van der Waals surface area contributed by atoms with Gasteiger partial charge in [-0.2, -0.15) is 0 Å². The number of carbonyl (C=O) groups excluding carboxylic acids is 1. The number of hydrogen-bond donors (Lipinski definition) is 2. The number of nitrogens with two attached hydrogens (primary N) is 1. The summed E-state index contributed by atoms with van der Waals surface area (Å²) in [4.78, 5) is 13.5. The normalized spacial score (nSPS) is 16.6. The largest absolute Gasteiger partial charge is 0.369 e. The van der Waals surface area contributed by atoms with Crippen LogP contribution in [0, 0.1) is 6.92 Å². The smallest absolute Gasteiger partial charge is 0.221 e. The topological polar surface area (TPSA) is 58.4 Å². The Kier molecular flexibility index (Phi) is 3.64. The van der Waals surface area contributed by atoms with Gasteiger partial charge >= 0.3 is 0 Å². The van der Waals surface area contributed by atoms with E-state index < -0.39 is 0 Å². The Morgan fingerprint density at radius 1 is 1.41 bits per heavy atom. The minimum Gasteiger partial charge on any atom is -0.369 e. The molecule has 0 unspecified atom stereocenters. The third-order valence-electron chi connectivity index (χ3n) is 3.11. The lowest BCUT2D eigenvalue weighted by Gasteiger charge is -2.24. The number of carbonyl (C=O) groups is 1. The van der Waals surface area contributed by atoms with Gasteiger partial charge in [-0.3, -0.25) is 4.79 Å². The Bertz CT molecular complexity index is 417. The summed E-state index contributed by atoms with van der Waals surface area (Å²) in [5, 5.41) is 2.88. The first kappa shape index (κ1) is 11.9. The first-order chi connectivity index (χ1) is 8.20. The molecule has 0 atom stereocenters. The van der Waals surface area contributed by atoms with Crippen LogP contribution >= 0.6 is 0 Å². The van der Waals surface area contributed by atoms with E-state index in [1.54, 1.807) is 0 Å². The lowest BCUT2D eigenvalue weighted by Crippen LogP contribution is -2.29. The molecule has 1 aliphatic rings. The highest BCUT2D eigenvalue weighted by Gasteiger charge is 2.15. The van der Waals surface area contributed by atoms with Crippen LogP contribution in [-0.2, 0) is 11.3 Å². The maximum Gasteiger partial charge on any atom is 0.221 e. The van der Waals surface area contributed by atoms with Gasteiger partial charge in [0.05, 0.1) is 0 Å². The summed E-state index contributed by atoms with van der Waals surface area (Å²) in [7, 11) is 0. The van der Waals surface area contributed by atoms with Crippen molar-refractivity contribution in [1.29, 1.82) is 0 Å². The third kappa shape index (κ3) is 2.77. The second kappa shape index (κ2) is 5.19. The van der Waals surface area contributed by atoms with Crippen molar-refractivity contribution in [3.05, 3.63) is 29.3 Å². The van der Waals surface area contributed by atoms with Gasteiger partial charge < -0.3 is 16.0 Å². The van der Waals surface area contributed by atoms with Crippen molar-refractivity contribution in [2.24, 2.45) is 5.73 Å². The summed E-state index contributed by atoms with van der Waals surface area (Å²) in [5.41, 5.74) is 9.32. The van der Waals surface area contributed by atoms with Gasteiger partial charge in [0.2, 0.25) is 5.91 Å². The molecule has 0 aliphatic carbocycles. The van der Waals surface area contributed by atoms with Crippen LogP contribution in [0.2, 0.25) is 0 Å². The molecule has 3 N–H and O–H groups in total. The first-order valence-electron chi connectivity index (χ1n) is 6.02. The molecule has 0 bridgehead atoms. The molecule has 1 fully saturated rings. The zero-order valence-corrected chi connectivity index (χ0v) is 10.2. The molecule has 1 saturated heterocycles. The van der Waals surface area contributed by atoms with Crippen LogP contribution in [0.5, 0.6) is 0 Å². The number of nitrogens with one attached hydrogen (secondary N) is 1. The number of hydrogen-bond acceptors (Lipinski definition) is 3. The van der Waals surface area contributed by atoms with Gasteiger partial charge in [0.1, 0.15) is 0 Å². The van der Waals surface area contributed by atoms with Crippen LogP contribution < -0.4 is 16.0 Å². The summed E-state index contributed by atoms with van der Waals surface area (Å²) in [6.45, 7) is 4.92. The molecule has 4 heteroatoms. The Balaban J connectivity index is 2.23. The highest BCUT2D eigenvalue weighted by atomic mass is 16.1. The quantitative estimate of drug-likeness (QED) is 0.793. The maximum atomic E-state index is 11.3. The molecule has 92 valence electrons. The van der Waals surface area contributed by atoms with Gasteiger partial charge in [-0.1, -0.05) is 17.7 Å². The van der Waals surface area contributed by atoms with E-state index in [9.17, 15) is 4.79 Å². The molecule has 17 heavy (non-hydrogen) atoms. The number of benzene rings is 1. The predicted octanol–water partition coefficient (Wildman–Crippen LogP) is 0.780. The molecule has 0 radical (unpaired) electrons. The highest BCUT2D eigenvalue weighted by molar-refractivity contribution is 5.77. The summed E-state index contributed by atoms with van der Waals surface area (Å²) in [6.07, 6.45) is 0.553. The Hall–Kier alpha value is -1.55. The SMILES string of the molecule is Cc1ccc(N2CCNC(=O)CC2)c(CN)c1. The van der Waals surface area contributed by atoms with Crippen LogP contribution in [0.25, 0.3) is 0 Å². The molecule has 1 amide bonds. The average molecular weight is 233 g/mol. The number of amides is 1. The Morgan fingerprint density at radius 2 is 2.24 bits per heavy atom. The molecule has 2 rings (SSSR count). The predicted molar refractivity (Wildman–Crippen MR) is 68.9 cm³/mol. The molecule has 1 aliphatic heterocycles. The van der Waals surface area contributed by atoms with Gasteiger partial charge in [-0.05, 0) is 18.6 Å². The van der Waals surface area contributed by atoms with Gasteiger partial charge in [0.15, 0.2) is 0 Å². The fraction of sp³-hybridized carbons (Fsp3) is 0.462. The molecule has 1 aromatic carbocycles. The minimum absolute atomic E-state index is 0.133. The summed E-state index contributed by atoms with van der Waals surface area (Å²) >= 11 is 0. The molecule has 0 saturated carbocycles. The number of rotatable bonds is 2. The third-order valence-corrected chi connectivity index (χ3v) is 3.11. The van der Waals surface area contributed by atoms with Gasteiger partial charge in [-0.25, -0.2) is 0 Å². The molecule has 1 heterocycles. The first-order valence-corrected chi connectivity index (χ1v) is 6.02. The van der Waals surface area contributed by atoms with Crippen LogP contribution in [-0.4, -0.2) is 25.5 Å². The van der Waals surface area contributed by atoms with Crippen molar-refractivity contribution in [2.75, 3.05) is 24.5 Å². The van der Waals surface area contributed by atoms with E-state index in [2.05, 4.69) is 35.3 Å². The number of anilines is 1. The standard InChI is InChI=1S/C13H19N3O/c1-10-2-3-12(11(8-10)9-14)16-6-4-13(17)15-5-7-16/h2-3,8H,4-7,9,14H2,1H3,(H,15,17). The van der Waals surface area contributed by atoms with Crippen LogP contribution in [0.1, 0.15) is 17.5 Å². The molecule has 4 nitrogen and oxygen atoms in total. The van der Waals surface area contributed by atoms with E-state index >= 15 is 0 Å². The highest BCUT2D eigenvalue weighted by Crippen LogP contribution is 2.22. The second-order valence-corrected chi connectivity index (χ2v) is 4.42. The van der Waals surface area contributed by atoms with E-state index in [0.717, 1.165) is 24.3 Å². The lowest BCUT2D eigenvalue weighted by atomic mass is 10.1. The van der Waals surface area contributed by atoms with E-state index in [0.29, 0.717) is 19.5 Å². The molecule has 0 spiro atoms. The van der Waals surface area contributed by atoms with E-state index in [1.165, 1.54) is 5.56 Å². The van der Waals surface area contributed by atoms with Gasteiger partial charge in [0, 0.05) is 38.3 Å². The van der Waals surface area contributed by atoms with Crippen molar-refractivity contribution in [3.8, 4) is 0 Å². The second-order valence-electron chi connectivity index (χ2n) is 4.42. The summed E-state index contributed by atoms with van der Waals surface area (Å²) in [6, 6.07) is 6.32. The average Bonchev–Trinajstić information content (AvgIpc) is 2.54. The minimum atomic E-state index is 0.133. The van der Waals surface area contributed by atoms with Crippen molar-refractivity contribution < 1.29 is 4.79 Å². The number of nitrogens with zero attached hydrogens (tertiary/aromatic N) is 1. The molecule has 0 aromatic heterocycles. The Labute approximate surface area is 102 Å². The maximum absolute atomic E-state index is 11.3. The monoisotopic (exact) mass is 233 g/mol. The lowest BCUT2D eigenvalue weighted by molar-refractivity contribution is -0.120. The molecule has 1 aromatic rings. The van der Waals surface area contributed by atoms with E-state index in [-0.39, 0.29) is 5.91 Å². The van der Waals surface area contributed by atoms with Crippen LogP contribution in [0.15, 0.2) is 18.2 Å². The molecular weight excluding hydrogens is 214 g/mol. The van der Waals surface area contributed by atoms with Crippen molar-refractivity contribution >= 4 is 11.6 Å². The van der Waals surface area contributed by atoms with Crippen LogP contribution in [0.3, 0.4) is 0 Å². The van der Waals surface area contributed by atoms with Crippen molar-refractivity contribution in [3.63, 3.8) is 0 Å². The van der Waals surface area contributed by atoms with Gasteiger partial charge in [-0.15, -0.1) is 0 Å². The van der Waals surface area contributed by atoms with Crippen molar-refractivity contribution in [2.45, 2.75) is 19.9 Å². The summed E-state index contributed by atoms with van der Waals surface area (Å²) < 4.78 is 0. The fourth-order valence-electron chi connectivity index (χ4n) is 2.19. The fourth-order valence-corrected chi connectivity index (χ4v) is 2.19. The van der Waals surface area contributed by atoms with E-state index in [4.69, 9.17) is 5.73 Å². The van der Waals surface area contributed by atoms with Crippen molar-refractivity contribution in [1.82, 2.24) is 5.32 Å².